The summed E-state index contributed by atoms with van der Waals surface area (Å²) in [6.45, 7) is 2.29. The van der Waals surface area contributed by atoms with Crippen LogP contribution in [0.25, 0.3) is 0 Å². The lowest BCUT2D eigenvalue weighted by atomic mass is 10.2. The fourth-order valence-corrected chi connectivity index (χ4v) is 1.56. The van der Waals surface area contributed by atoms with Crippen LogP contribution in [-0.4, -0.2) is 10.3 Å². The smallest absolute Gasteiger partial charge is 0.127 e. The molecule has 0 saturated carbocycles. The summed E-state index contributed by atoms with van der Waals surface area (Å²) in [7, 11) is 0. The summed E-state index contributed by atoms with van der Waals surface area (Å²) in [5, 5.41) is 19.7. The first-order valence-corrected chi connectivity index (χ1v) is 5.30. The van der Waals surface area contributed by atoms with Crippen LogP contribution in [0.5, 0.6) is 0 Å². The Morgan fingerprint density at radius 1 is 1.47 bits per heavy atom. The molecule has 0 aliphatic rings. The topological polar surface area (TPSA) is 74.7 Å². The van der Waals surface area contributed by atoms with Crippen molar-refractivity contribution in [1.29, 1.82) is 5.26 Å². The Balaban J connectivity index is 2.10. The van der Waals surface area contributed by atoms with Gasteiger partial charge in [-0.1, -0.05) is 21.9 Å². The van der Waals surface area contributed by atoms with Gasteiger partial charge in [-0.2, -0.15) is 5.26 Å². The lowest BCUT2D eigenvalue weighted by Gasteiger charge is -2.06. The number of aromatic nitrogens is 2. The molecule has 0 atom stereocenters. The highest BCUT2D eigenvalue weighted by Crippen LogP contribution is 2.23. The Hall–Kier alpha value is -2.06. The number of hydrogen-bond acceptors (Lipinski definition) is 5. The number of aryl methyl sites for hydroxylation is 1. The van der Waals surface area contributed by atoms with Crippen LogP contribution in [0.2, 0.25) is 5.02 Å². The van der Waals surface area contributed by atoms with E-state index in [4.69, 9.17) is 16.9 Å². The van der Waals surface area contributed by atoms with Crippen LogP contribution < -0.4 is 5.32 Å². The van der Waals surface area contributed by atoms with E-state index in [-0.39, 0.29) is 0 Å². The lowest BCUT2D eigenvalue weighted by molar-refractivity contribution is 0.301. The van der Waals surface area contributed by atoms with E-state index in [0.717, 1.165) is 17.1 Å². The van der Waals surface area contributed by atoms with E-state index in [2.05, 4.69) is 20.3 Å². The van der Waals surface area contributed by atoms with E-state index in [1.165, 1.54) is 0 Å². The molecule has 1 N–H and O–H groups in total. The molecule has 0 amide bonds. The van der Waals surface area contributed by atoms with Gasteiger partial charge >= 0.3 is 0 Å². The normalized spacial score (nSPS) is 9.94. The van der Waals surface area contributed by atoms with Crippen molar-refractivity contribution in [2.24, 2.45) is 0 Å². The minimum Gasteiger partial charge on any atom is -0.378 e. The summed E-state index contributed by atoms with van der Waals surface area (Å²) in [5.41, 5.74) is 2.74. The highest BCUT2D eigenvalue weighted by Gasteiger charge is 2.06. The molecule has 1 aromatic heterocycles. The Kier molecular flexibility index (Phi) is 3.26. The zero-order valence-corrected chi connectivity index (χ0v) is 9.82. The summed E-state index contributed by atoms with van der Waals surface area (Å²) >= 11 is 6.02. The summed E-state index contributed by atoms with van der Waals surface area (Å²) < 4.78 is 4.58. The van der Waals surface area contributed by atoms with Gasteiger partial charge in [-0.05, 0) is 25.1 Å². The van der Waals surface area contributed by atoms with Gasteiger partial charge < -0.3 is 5.32 Å². The molecule has 2 aromatic rings. The van der Waals surface area contributed by atoms with E-state index in [1.54, 1.807) is 18.2 Å². The summed E-state index contributed by atoms with van der Waals surface area (Å²) in [6.07, 6.45) is 0. The van der Waals surface area contributed by atoms with Crippen molar-refractivity contribution in [2.45, 2.75) is 13.5 Å². The second-order valence-corrected chi connectivity index (χ2v) is 3.86. The molecule has 0 fully saturated rings. The fraction of sp³-hybridized carbons (Fsp3) is 0.182. The van der Waals surface area contributed by atoms with Crippen LogP contribution >= 0.6 is 11.6 Å². The van der Waals surface area contributed by atoms with Crippen molar-refractivity contribution in [2.75, 3.05) is 5.32 Å². The van der Waals surface area contributed by atoms with Crippen molar-refractivity contribution in [1.82, 2.24) is 10.3 Å². The maximum absolute atomic E-state index is 8.71. The van der Waals surface area contributed by atoms with Gasteiger partial charge in [-0.25, -0.2) is 4.63 Å². The summed E-state index contributed by atoms with van der Waals surface area (Å²) in [6, 6.07) is 7.08. The molecule has 0 aliphatic carbocycles. The monoisotopic (exact) mass is 248 g/mol. The second kappa shape index (κ2) is 4.85. The Morgan fingerprint density at radius 2 is 2.29 bits per heavy atom. The Morgan fingerprint density at radius 3 is 2.88 bits per heavy atom. The van der Waals surface area contributed by atoms with Crippen LogP contribution in [0, 0.1) is 18.3 Å². The molecule has 1 aromatic carbocycles. The third kappa shape index (κ3) is 2.55. The molecule has 0 bridgehead atoms. The zero-order chi connectivity index (χ0) is 12.3. The zero-order valence-electron chi connectivity index (χ0n) is 9.07. The van der Waals surface area contributed by atoms with Crippen LogP contribution in [0.3, 0.4) is 0 Å². The molecular formula is C11H9ClN4O. The summed E-state index contributed by atoms with van der Waals surface area (Å²) in [4.78, 5) is 0. The van der Waals surface area contributed by atoms with Crippen LogP contribution in [0.4, 0.5) is 5.69 Å². The van der Waals surface area contributed by atoms with Crippen LogP contribution in [-0.2, 0) is 6.54 Å². The Bertz CT molecular complexity index is 573. The largest absolute Gasteiger partial charge is 0.378 e. The number of nitrogens with zero attached hydrogens (tertiary/aromatic N) is 3. The fourth-order valence-electron chi connectivity index (χ4n) is 1.32. The minimum atomic E-state index is 0.473. The first-order chi connectivity index (χ1) is 8.20. The molecule has 17 heavy (non-hydrogen) atoms. The van der Waals surface area contributed by atoms with Crippen LogP contribution in [0.1, 0.15) is 17.0 Å². The second-order valence-electron chi connectivity index (χ2n) is 3.46. The summed E-state index contributed by atoms with van der Waals surface area (Å²) in [5.74, 6) is 0. The molecule has 0 radical (unpaired) electrons. The number of anilines is 1. The average molecular weight is 249 g/mol. The minimum absolute atomic E-state index is 0.473. The van der Waals surface area contributed by atoms with Crippen molar-refractivity contribution in [3.05, 3.63) is 40.2 Å². The highest BCUT2D eigenvalue weighted by atomic mass is 35.5. The third-order valence-corrected chi connectivity index (χ3v) is 2.60. The molecule has 0 aliphatic heterocycles. The maximum Gasteiger partial charge on any atom is 0.127 e. The van der Waals surface area contributed by atoms with Gasteiger partial charge in [0.1, 0.15) is 11.4 Å². The number of halogens is 1. The number of benzene rings is 1. The number of nitrogens with one attached hydrogen (secondary N) is 1. The molecule has 0 unspecified atom stereocenters. The average Bonchev–Trinajstić information content (AvgIpc) is 2.73. The molecule has 6 heteroatoms. The first kappa shape index (κ1) is 11.4. The van der Waals surface area contributed by atoms with Crippen LogP contribution in [0.15, 0.2) is 22.8 Å². The lowest BCUT2D eigenvalue weighted by Crippen LogP contribution is -2.01. The van der Waals surface area contributed by atoms with E-state index in [0.29, 0.717) is 17.1 Å². The first-order valence-electron chi connectivity index (χ1n) is 4.92. The molecule has 86 valence electrons. The third-order valence-electron chi connectivity index (χ3n) is 2.29. The van der Waals surface area contributed by atoms with E-state index in [1.807, 2.05) is 13.0 Å². The van der Waals surface area contributed by atoms with Gasteiger partial charge in [-0.3, -0.25) is 0 Å². The van der Waals surface area contributed by atoms with Gasteiger partial charge in [0.05, 0.1) is 28.9 Å². The number of rotatable bonds is 3. The standard InChI is InChI=1S/C11H9ClN4O/c1-7-11(16-17-15-7)6-14-10-3-2-8(5-13)4-9(10)12/h2-4,14H,6H2,1H3. The van der Waals surface area contributed by atoms with E-state index in [9.17, 15) is 0 Å². The predicted molar refractivity (Wildman–Crippen MR) is 62.5 cm³/mol. The molecular weight excluding hydrogens is 240 g/mol. The van der Waals surface area contributed by atoms with Crippen molar-refractivity contribution in [3.63, 3.8) is 0 Å². The van der Waals surface area contributed by atoms with Gasteiger partial charge in [0.25, 0.3) is 0 Å². The van der Waals surface area contributed by atoms with Crippen molar-refractivity contribution in [3.8, 4) is 6.07 Å². The quantitative estimate of drug-likeness (QED) is 0.903. The van der Waals surface area contributed by atoms with Gasteiger partial charge in [0.15, 0.2) is 0 Å². The van der Waals surface area contributed by atoms with E-state index >= 15 is 0 Å². The molecule has 1 heterocycles. The highest BCUT2D eigenvalue weighted by molar-refractivity contribution is 6.33. The van der Waals surface area contributed by atoms with Gasteiger partial charge in [0, 0.05) is 0 Å². The number of nitriles is 1. The molecule has 0 spiro atoms. The number of hydrogen-bond donors (Lipinski definition) is 1. The van der Waals surface area contributed by atoms with Crippen molar-refractivity contribution >= 4 is 17.3 Å². The van der Waals surface area contributed by atoms with Gasteiger partial charge in [0.2, 0.25) is 0 Å². The molecule has 2 rings (SSSR count). The van der Waals surface area contributed by atoms with E-state index < -0.39 is 0 Å². The maximum atomic E-state index is 8.71. The Labute approximate surface area is 103 Å². The molecule has 0 saturated heterocycles. The molecule has 5 nitrogen and oxygen atoms in total. The van der Waals surface area contributed by atoms with Crippen molar-refractivity contribution < 1.29 is 4.63 Å². The predicted octanol–water partition coefficient (Wildman–Crippen LogP) is 2.52. The van der Waals surface area contributed by atoms with Gasteiger partial charge in [-0.15, -0.1) is 0 Å². The SMILES string of the molecule is Cc1nonc1CNc1ccc(C#N)cc1Cl.